The molecule has 0 heterocycles. The third-order valence-corrected chi connectivity index (χ3v) is 1.81. The predicted molar refractivity (Wildman–Crippen MR) is 51.6 cm³/mol. The van der Waals surface area contributed by atoms with Crippen molar-refractivity contribution in [3.63, 3.8) is 0 Å². The molecule has 0 bridgehead atoms. The number of halogens is 2. The molecular formula is C10H9F2NO2. The second-order valence-corrected chi connectivity index (χ2v) is 2.95. The summed E-state index contributed by atoms with van der Waals surface area (Å²) in [4.78, 5) is 9.89. The molecule has 0 spiro atoms. The Labute approximate surface area is 85.2 Å². The summed E-state index contributed by atoms with van der Waals surface area (Å²) in [5, 5.41) is 10.5. The van der Waals surface area contributed by atoms with Crippen molar-refractivity contribution in [1.29, 1.82) is 0 Å². The molecule has 0 aliphatic carbocycles. The summed E-state index contributed by atoms with van der Waals surface area (Å²) in [5.74, 6) is -1.50. The van der Waals surface area contributed by atoms with E-state index < -0.39 is 16.6 Å². The Bertz CT molecular complexity index is 396. The van der Waals surface area contributed by atoms with Crippen LogP contribution < -0.4 is 0 Å². The monoisotopic (exact) mass is 213 g/mol. The molecule has 0 unspecified atom stereocenters. The minimum atomic E-state index is -0.750. The van der Waals surface area contributed by atoms with Crippen LogP contribution in [0.15, 0.2) is 23.9 Å². The zero-order valence-electron chi connectivity index (χ0n) is 8.04. The van der Waals surface area contributed by atoms with Crippen molar-refractivity contribution >= 4 is 6.08 Å². The van der Waals surface area contributed by atoms with Gasteiger partial charge in [0.2, 0.25) is 5.70 Å². The number of hydrogen-bond donors (Lipinski definition) is 0. The summed E-state index contributed by atoms with van der Waals surface area (Å²) in [7, 11) is 0. The Kier molecular flexibility index (Phi) is 3.49. The van der Waals surface area contributed by atoms with Gasteiger partial charge in [-0.05, 0) is 17.7 Å². The fourth-order valence-electron chi connectivity index (χ4n) is 1.13. The van der Waals surface area contributed by atoms with E-state index in [1.807, 2.05) is 0 Å². The smallest absolute Gasteiger partial charge is 0.246 e. The van der Waals surface area contributed by atoms with E-state index in [9.17, 15) is 18.9 Å². The van der Waals surface area contributed by atoms with Gasteiger partial charge in [-0.25, -0.2) is 8.78 Å². The highest BCUT2D eigenvalue weighted by Crippen LogP contribution is 2.13. The van der Waals surface area contributed by atoms with Crippen LogP contribution in [-0.4, -0.2) is 4.92 Å². The van der Waals surface area contributed by atoms with Crippen LogP contribution in [-0.2, 0) is 0 Å². The van der Waals surface area contributed by atoms with E-state index in [-0.39, 0.29) is 17.7 Å². The SMILES string of the molecule is CC/C(=C/c1cc(F)cc(F)c1)[N+](=O)[O-]. The van der Waals surface area contributed by atoms with E-state index in [4.69, 9.17) is 0 Å². The maximum Gasteiger partial charge on any atom is 0.246 e. The lowest BCUT2D eigenvalue weighted by molar-refractivity contribution is -0.425. The minimum Gasteiger partial charge on any atom is -0.259 e. The highest BCUT2D eigenvalue weighted by molar-refractivity contribution is 5.51. The molecule has 15 heavy (non-hydrogen) atoms. The summed E-state index contributed by atoms with van der Waals surface area (Å²) < 4.78 is 25.5. The second kappa shape index (κ2) is 4.63. The van der Waals surface area contributed by atoms with E-state index in [2.05, 4.69) is 0 Å². The molecule has 0 atom stereocenters. The van der Waals surface area contributed by atoms with Crippen LogP contribution in [0.25, 0.3) is 6.08 Å². The van der Waals surface area contributed by atoms with E-state index in [0.717, 1.165) is 24.3 Å². The molecule has 1 rings (SSSR count). The molecule has 0 aromatic heterocycles. The van der Waals surface area contributed by atoms with Crippen LogP contribution in [0.3, 0.4) is 0 Å². The van der Waals surface area contributed by atoms with E-state index in [0.29, 0.717) is 0 Å². The normalized spacial score (nSPS) is 11.5. The Morgan fingerprint density at radius 1 is 1.40 bits per heavy atom. The first-order valence-corrected chi connectivity index (χ1v) is 4.34. The number of benzene rings is 1. The molecule has 0 amide bonds. The van der Waals surface area contributed by atoms with E-state index in [1.54, 1.807) is 6.92 Å². The zero-order valence-corrected chi connectivity index (χ0v) is 8.04. The fourth-order valence-corrected chi connectivity index (χ4v) is 1.13. The fraction of sp³-hybridized carbons (Fsp3) is 0.200. The molecule has 5 heteroatoms. The Morgan fingerprint density at radius 2 is 1.93 bits per heavy atom. The van der Waals surface area contributed by atoms with Gasteiger partial charge in [0.1, 0.15) is 11.6 Å². The maximum absolute atomic E-state index is 12.7. The number of hydrogen-bond acceptors (Lipinski definition) is 2. The largest absolute Gasteiger partial charge is 0.259 e. The lowest BCUT2D eigenvalue weighted by Crippen LogP contribution is -1.96. The lowest BCUT2D eigenvalue weighted by atomic mass is 10.1. The van der Waals surface area contributed by atoms with Gasteiger partial charge in [0.15, 0.2) is 0 Å². The Balaban J connectivity index is 3.11. The maximum atomic E-state index is 12.7. The minimum absolute atomic E-state index is 0.0833. The highest BCUT2D eigenvalue weighted by atomic mass is 19.1. The molecule has 0 aliphatic rings. The van der Waals surface area contributed by atoms with Crippen molar-refractivity contribution in [2.24, 2.45) is 0 Å². The lowest BCUT2D eigenvalue weighted by Gasteiger charge is -1.97. The van der Waals surface area contributed by atoms with Crippen molar-refractivity contribution < 1.29 is 13.7 Å². The molecule has 0 N–H and O–H groups in total. The third kappa shape index (κ3) is 3.12. The summed E-state index contributed by atoms with van der Waals surface area (Å²) in [5.41, 5.74) is 0.0704. The van der Waals surface area contributed by atoms with Crippen molar-refractivity contribution in [2.75, 3.05) is 0 Å². The molecule has 80 valence electrons. The number of allylic oxidation sites excluding steroid dienone is 1. The molecule has 0 aliphatic heterocycles. The molecule has 1 aromatic carbocycles. The third-order valence-electron chi connectivity index (χ3n) is 1.81. The average Bonchev–Trinajstić information content (AvgIpc) is 2.12. The summed E-state index contributed by atoms with van der Waals surface area (Å²) in [6.45, 7) is 1.60. The molecule has 0 radical (unpaired) electrons. The van der Waals surface area contributed by atoms with Crippen LogP contribution in [0.1, 0.15) is 18.9 Å². The first-order valence-electron chi connectivity index (χ1n) is 4.34. The Morgan fingerprint density at radius 3 is 2.33 bits per heavy atom. The van der Waals surface area contributed by atoms with E-state index >= 15 is 0 Å². The van der Waals surface area contributed by atoms with Gasteiger partial charge in [0.05, 0.1) is 4.92 Å². The average molecular weight is 213 g/mol. The quantitative estimate of drug-likeness (QED) is 0.572. The standard InChI is InChI=1S/C10H9F2NO2/c1-2-10(13(14)15)5-7-3-8(11)6-9(12)4-7/h3-6H,2H2,1H3/b10-5-. The number of nitro groups is 1. The van der Waals surface area contributed by atoms with Gasteiger partial charge in [-0.1, -0.05) is 6.92 Å². The van der Waals surface area contributed by atoms with Gasteiger partial charge < -0.3 is 0 Å². The van der Waals surface area contributed by atoms with Crippen LogP contribution in [0, 0.1) is 21.7 Å². The summed E-state index contributed by atoms with van der Waals surface area (Å²) in [6.07, 6.45) is 1.36. The number of nitrogens with zero attached hydrogens (tertiary/aromatic N) is 1. The number of rotatable bonds is 3. The van der Waals surface area contributed by atoms with Gasteiger partial charge in [-0.3, -0.25) is 10.1 Å². The van der Waals surface area contributed by atoms with Crippen molar-refractivity contribution in [3.8, 4) is 0 Å². The molecule has 0 saturated carbocycles. The van der Waals surface area contributed by atoms with Gasteiger partial charge in [-0.2, -0.15) is 0 Å². The van der Waals surface area contributed by atoms with Crippen LogP contribution in [0.2, 0.25) is 0 Å². The van der Waals surface area contributed by atoms with Crippen LogP contribution in [0.4, 0.5) is 8.78 Å². The molecule has 0 saturated heterocycles. The summed E-state index contributed by atoms with van der Waals surface area (Å²) >= 11 is 0. The van der Waals surface area contributed by atoms with E-state index in [1.165, 1.54) is 0 Å². The van der Waals surface area contributed by atoms with Gasteiger partial charge in [0.25, 0.3) is 0 Å². The van der Waals surface area contributed by atoms with Crippen molar-refractivity contribution in [3.05, 3.63) is 51.2 Å². The first-order chi connectivity index (χ1) is 7.02. The Hall–Kier alpha value is -1.78. The zero-order chi connectivity index (χ0) is 11.4. The topological polar surface area (TPSA) is 43.1 Å². The van der Waals surface area contributed by atoms with Crippen molar-refractivity contribution in [2.45, 2.75) is 13.3 Å². The summed E-state index contributed by atoms with van der Waals surface area (Å²) in [6, 6.07) is 2.81. The highest BCUT2D eigenvalue weighted by Gasteiger charge is 2.08. The van der Waals surface area contributed by atoms with Crippen molar-refractivity contribution in [1.82, 2.24) is 0 Å². The second-order valence-electron chi connectivity index (χ2n) is 2.95. The predicted octanol–water partition coefficient (Wildman–Crippen LogP) is 2.99. The molecular weight excluding hydrogens is 204 g/mol. The van der Waals surface area contributed by atoms with Gasteiger partial charge >= 0.3 is 0 Å². The van der Waals surface area contributed by atoms with Gasteiger partial charge in [-0.15, -0.1) is 0 Å². The molecule has 0 fully saturated rings. The van der Waals surface area contributed by atoms with Gasteiger partial charge in [0, 0.05) is 18.6 Å². The first kappa shape index (κ1) is 11.3. The molecule has 3 nitrogen and oxygen atoms in total. The van der Waals surface area contributed by atoms with Crippen LogP contribution >= 0.6 is 0 Å². The van der Waals surface area contributed by atoms with Crippen LogP contribution in [0.5, 0.6) is 0 Å². The molecule has 1 aromatic rings.